The van der Waals surface area contributed by atoms with Gasteiger partial charge >= 0.3 is 0 Å². The molecule has 0 aliphatic rings. The van der Waals surface area contributed by atoms with Gasteiger partial charge in [-0.25, -0.2) is 0 Å². The molecule has 0 N–H and O–H groups in total. The van der Waals surface area contributed by atoms with Crippen molar-refractivity contribution >= 4 is 23.3 Å². The van der Waals surface area contributed by atoms with Crippen LogP contribution in [0.4, 0.5) is 0 Å². The van der Waals surface area contributed by atoms with E-state index in [-0.39, 0.29) is 0 Å². The van der Waals surface area contributed by atoms with Crippen molar-refractivity contribution in [2.45, 2.75) is 13.8 Å². The van der Waals surface area contributed by atoms with Gasteiger partial charge in [0, 0.05) is 0 Å². The van der Waals surface area contributed by atoms with Gasteiger partial charge in [0.1, 0.15) is 0 Å². The van der Waals surface area contributed by atoms with Crippen molar-refractivity contribution in [2.75, 3.05) is 13.7 Å². The van der Waals surface area contributed by atoms with Gasteiger partial charge in [0.2, 0.25) is 0 Å². The summed E-state index contributed by atoms with van der Waals surface area (Å²) in [7, 11) is 1.55. The summed E-state index contributed by atoms with van der Waals surface area (Å²) in [6.45, 7) is 4.41. The van der Waals surface area contributed by atoms with Crippen LogP contribution in [0.25, 0.3) is 11.6 Å². The lowest BCUT2D eigenvalue weighted by molar-refractivity contribution is 0.311. The van der Waals surface area contributed by atoms with Gasteiger partial charge in [-0.2, -0.15) is 5.26 Å². The normalized spacial score (nSPS) is 11.0. The zero-order chi connectivity index (χ0) is 16.8. The molecule has 0 aromatic heterocycles. The van der Waals surface area contributed by atoms with Crippen molar-refractivity contribution < 1.29 is 9.47 Å². The van der Waals surface area contributed by atoms with Gasteiger partial charge in [-0.05, 0) is 43.2 Å². The van der Waals surface area contributed by atoms with Crippen molar-refractivity contribution in [3.05, 3.63) is 58.1 Å². The summed E-state index contributed by atoms with van der Waals surface area (Å²) >= 11 is 6.25. The summed E-state index contributed by atoms with van der Waals surface area (Å²) in [6, 6.07) is 13.6. The second kappa shape index (κ2) is 7.71. The Morgan fingerprint density at radius 2 is 1.96 bits per heavy atom. The number of nitriles is 1. The van der Waals surface area contributed by atoms with Gasteiger partial charge in [0.05, 0.1) is 30.4 Å². The number of halogens is 1. The quantitative estimate of drug-likeness (QED) is 0.565. The molecule has 0 spiro atoms. The second-order valence-corrected chi connectivity index (χ2v) is 5.41. The Bertz CT molecular complexity index is 758. The van der Waals surface area contributed by atoms with Gasteiger partial charge in [-0.3, -0.25) is 0 Å². The highest BCUT2D eigenvalue weighted by Crippen LogP contribution is 2.37. The van der Waals surface area contributed by atoms with Crippen LogP contribution in [-0.2, 0) is 0 Å². The Balaban J connectivity index is 2.48. The first-order valence-corrected chi connectivity index (χ1v) is 7.66. The standard InChI is InChI=1S/C19H18ClNO2/c1-4-23-18-11-14(10-17(20)19(18)22-3)9-16(12-21)15-7-5-13(2)6-8-15/h5-11H,4H2,1-3H3/b16-9+. The monoisotopic (exact) mass is 327 g/mol. The van der Waals surface area contributed by atoms with Crippen molar-refractivity contribution in [1.82, 2.24) is 0 Å². The molecule has 0 saturated carbocycles. The van der Waals surface area contributed by atoms with Gasteiger partial charge < -0.3 is 9.47 Å². The van der Waals surface area contributed by atoms with Crippen LogP contribution in [0.5, 0.6) is 11.5 Å². The van der Waals surface area contributed by atoms with Crippen molar-refractivity contribution in [2.24, 2.45) is 0 Å². The van der Waals surface area contributed by atoms with Crippen LogP contribution in [0, 0.1) is 18.3 Å². The van der Waals surface area contributed by atoms with Crippen LogP contribution in [0.2, 0.25) is 5.02 Å². The minimum Gasteiger partial charge on any atom is -0.491 e. The molecule has 3 nitrogen and oxygen atoms in total. The van der Waals surface area contributed by atoms with Crippen molar-refractivity contribution in [1.29, 1.82) is 5.26 Å². The van der Waals surface area contributed by atoms with Gasteiger partial charge in [-0.1, -0.05) is 41.4 Å². The van der Waals surface area contributed by atoms with E-state index in [9.17, 15) is 5.26 Å². The lowest BCUT2D eigenvalue weighted by atomic mass is 10.0. The van der Waals surface area contributed by atoms with E-state index >= 15 is 0 Å². The van der Waals surface area contributed by atoms with E-state index in [0.29, 0.717) is 28.7 Å². The third-order valence-electron chi connectivity index (χ3n) is 3.33. The summed E-state index contributed by atoms with van der Waals surface area (Å²) in [6.07, 6.45) is 1.79. The van der Waals surface area contributed by atoms with Crippen LogP contribution in [-0.4, -0.2) is 13.7 Å². The molecule has 0 fully saturated rings. The van der Waals surface area contributed by atoms with E-state index in [1.54, 1.807) is 19.3 Å². The van der Waals surface area contributed by atoms with Gasteiger partial charge in [0.25, 0.3) is 0 Å². The molecule has 0 atom stereocenters. The molecular formula is C19H18ClNO2. The number of hydrogen-bond acceptors (Lipinski definition) is 3. The Morgan fingerprint density at radius 3 is 2.52 bits per heavy atom. The third-order valence-corrected chi connectivity index (χ3v) is 3.61. The molecule has 2 rings (SSSR count). The Kier molecular flexibility index (Phi) is 5.67. The average Bonchev–Trinajstić information content (AvgIpc) is 2.54. The number of benzene rings is 2. The van der Waals surface area contributed by atoms with Crippen LogP contribution >= 0.6 is 11.6 Å². The maximum Gasteiger partial charge on any atom is 0.179 e. The van der Waals surface area contributed by atoms with E-state index in [1.807, 2.05) is 44.2 Å². The fourth-order valence-corrected chi connectivity index (χ4v) is 2.51. The molecule has 0 amide bonds. The molecule has 0 aliphatic heterocycles. The fourth-order valence-electron chi connectivity index (χ4n) is 2.21. The Labute approximate surface area is 141 Å². The molecule has 0 aliphatic carbocycles. The lowest BCUT2D eigenvalue weighted by Crippen LogP contribution is -1.96. The number of rotatable bonds is 5. The number of nitrogens with zero attached hydrogens (tertiary/aromatic N) is 1. The molecule has 0 unspecified atom stereocenters. The van der Waals surface area contributed by atoms with E-state index in [0.717, 1.165) is 16.7 Å². The molecule has 0 heterocycles. The first kappa shape index (κ1) is 16.9. The molecule has 0 saturated heterocycles. The largest absolute Gasteiger partial charge is 0.491 e. The van der Waals surface area contributed by atoms with E-state index in [4.69, 9.17) is 21.1 Å². The zero-order valence-corrected chi connectivity index (χ0v) is 14.1. The highest BCUT2D eigenvalue weighted by molar-refractivity contribution is 6.32. The molecule has 0 bridgehead atoms. The lowest BCUT2D eigenvalue weighted by Gasteiger charge is -2.12. The number of ether oxygens (including phenoxy) is 2. The third kappa shape index (κ3) is 4.06. The van der Waals surface area contributed by atoms with Crippen LogP contribution in [0.1, 0.15) is 23.6 Å². The first-order valence-electron chi connectivity index (χ1n) is 7.28. The maximum absolute atomic E-state index is 9.45. The molecule has 23 heavy (non-hydrogen) atoms. The fraction of sp³-hybridized carbons (Fsp3) is 0.211. The smallest absolute Gasteiger partial charge is 0.179 e. The highest BCUT2D eigenvalue weighted by atomic mass is 35.5. The zero-order valence-electron chi connectivity index (χ0n) is 13.4. The average molecular weight is 328 g/mol. The summed E-state index contributed by atoms with van der Waals surface area (Å²) < 4.78 is 10.8. The first-order chi connectivity index (χ1) is 11.1. The molecule has 2 aromatic rings. The van der Waals surface area contributed by atoms with Gasteiger partial charge in [-0.15, -0.1) is 0 Å². The van der Waals surface area contributed by atoms with Crippen LogP contribution in [0.3, 0.4) is 0 Å². The summed E-state index contributed by atoms with van der Waals surface area (Å²) in [5.74, 6) is 1.06. The molecule has 4 heteroatoms. The van der Waals surface area contributed by atoms with Crippen LogP contribution in [0.15, 0.2) is 36.4 Å². The Hall–Kier alpha value is -2.44. The van der Waals surface area contributed by atoms with Gasteiger partial charge in [0.15, 0.2) is 11.5 Å². The van der Waals surface area contributed by atoms with E-state index in [1.165, 1.54) is 0 Å². The summed E-state index contributed by atoms with van der Waals surface area (Å²) in [5, 5.41) is 9.90. The molecule has 118 valence electrons. The predicted octanol–water partition coefficient (Wildman–Crippen LogP) is 5.12. The number of allylic oxidation sites excluding steroid dienone is 1. The minimum atomic E-state index is 0.450. The van der Waals surface area contributed by atoms with Crippen molar-refractivity contribution in [3.63, 3.8) is 0 Å². The van der Waals surface area contributed by atoms with Crippen LogP contribution < -0.4 is 9.47 Å². The van der Waals surface area contributed by atoms with Crippen molar-refractivity contribution in [3.8, 4) is 17.6 Å². The number of methoxy groups -OCH3 is 1. The Morgan fingerprint density at radius 1 is 1.26 bits per heavy atom. The summed E-state index contributed by atoms with van der Waals surface area (Å²) in [4.78, 5) is 0. The number of aryl methyl sites for hydroxylation is 1. The van der Waals surface area contributed by atoms with E-state index < -0.39 is 0 Å². The maximum atomic E-state index is 9.45. The summed E-state index contributed by atoms with van der Waals surface area (Å²) in [5.41, 5.74) is 3.37. The number of hydrogen-bond donors (Lipinski definition) is 0. The SMILES string of the molecule is CCOc1cc(/C=C(\C#N)c2ccc(C)cc2)cc(Cl)c1OC. The minimum absolute atomic E-state index is 0.450. The molecular weight excluding hydrogens is 310 g/mol. The molecule has 0 radical (unpaired) electrons. The second-order valence-electron chi connectivity index (χ2n) is 5.00. The highest BCUT2D eigenvalue weighted by Gasteiger charge is 2.11. The van der Waals surface area contributed by atoms with E-state index in [2.05, 4.69) is 6.07 Å². The predicted molar refractivity (Wildman–Crippen MR) is 93.8 cm³/mol. The topological polar surface area (TPSA) is 42.2 Å². The molecule has 2 aromatic carbocycles.